The summed E-state index contributed by atoms with van der Waals surface area (Å²) in [6.07, 6.45) is 6.87. The fourth-order valence-electron chi connectivity index (χ4n) is 3.11. The summed E-state index contributed by atoms with van der Waals surface area (Å²) in [4.78, 5) is 0. The first-order valence-corrected chi connectivity index (χ1v) is 8.47. The van der Waals surface area contributed by atoms with Crippen LogP contribution in [-0.4, -0.2) is 57.4 Å². The molecule has 1 aliphatic rings. The van der Waals surface area contributed by atoms with Crippen LogP contribution in [-0.2, 0) is 0 Å². The number of β-amino-alcohol motifs (C(OH)–C–C–N with tert-alkyl or cyclic N) is 1. The van der Waals surface area contributed by atoms with Crippen molar-refractivity contribution in [3.8, 4) is 0 Å². The largest absolute Gasteiger partial charge is 0.394 e. The molecule has 0 saturated carbocycles. The van der Waals surface area contributed by atoms with E-state index in [2.05, 4.69) is 12.2 Å². The Balaban J connectivity index is 2.24. The average Bonchev–Trinajstić information content (AvgIpc) is 2.50. The van der Waals surface area contributed by atoms with Crippen LogP contribution in [0.3, 0.4) is 0 Å². The van der Waals surface area contributed by atoms with Gasteiger partial charge in [0, 0.05) is 6.54 Å². The van der Waals surface area contributed by atoms with Gasteiger partial charge in [-0.05, 0) is 6.42 Å². The lowest BCUT2D eigenvalue weighted by Crippen LogP contribution is -2.69. The van der Waals surface area contributed by atoms with Crippen molar-refractivity contribution in [2.24, 2.45) is 0 Å². The Morgan fingerprint density at radius 2 is 1.52 bits per heavy atom. The highest BCUT2D eigenvalue weighted by atomic mass is 16.4. The van der Waals surface area contributed by atoms with Crippen molar-refractivity contribution in [1.82, 2.24) is 5.32 Å². The first-order valence-electron chi connectivity index (χ1n) is 8.47. The molecule has 21 heavy (non-hydrogen) atoms. The van der Waals surface area contributed by atoms with Crippen LogP contribution in [0.4, 0.5) is 0 Å². The number of rotatable bonds is 10. The third-order valence-corrected chi connectivity index (χ3v) is 4.71. The maximum Gasteiger partial charge on any atom is 0.109 e. The zero-order valence-electron chi connectivity index (χ0n) is 13.3. The number of unbranched alkanes of at least 4 members (excludes halogenated alkanes) is 7. The Morgan fingerprint density at radius 3 is 2.10 bits per heavy atom. The van der Waals surface area contributed by atoms with E-state index in [9.17, 15) is 20.4 Å². The molecule has 0 aromatic carbocycles. The molecule has 5 N–H and O–H groups in total. The van der Waals surface area contributed by atoms with Crippen LogP contribution in [0.25, 0.3) is 0 Å². The second-order valence-corrected chi connectivity index (χ2v) is 6.42. The summed E-state index contributed by atoms with van der Waals surface area (Å²) < 4.78 is 0. The minimum absolute atomic E-state index is 0.204. The molecule has 126 valence electrons. The van der Waals surface area contributed by atoms with Gasteiger partial charge >= 0.3 is 0 Å². The van der Waals surface area contributed by atoms with Crippen molar-refractivity contribution in [3.05, 3.63) is 0 Å². The van der Waals surface area contributed by atoms with Gasteiger partial charge in [-0.1, -0.05) is 58.3 Å². The first kappa shape index (κ1) is 18.8. The Labute approximate surface area is 128 Å². The molecule has 1 aliphatic heterocycles. The smallest absolute Gasteiger partial charge is 0.109 e. The van der Waals surface area contributed by atoms with Crippen LogP contribution < -0.4 is 5.32 Å². The van der Waals surface area contributed by atoms with Crippen molar-refractivity contribution in [2.45, 2.75) is 88.6 Å². The van der Waals surface area contributed by atoms with E-state index in [-0.39, 0.29) is 13.2 Å². The second-order valence-electron chi connectivity index (χ2n) is 6.42. The Hall–Kier alpha value is -0.200. The minimum atomic E-state index is -1.19. The predicted molar refractivity (Wildman–Crippen MR) is 83.1 cm³/mol. The van der Waals surface area contributed by atoms with Gasteiger partial charge in [0.25, 0.3) is 0 Å². The molecular weight excluding hydrogens is 270 g/mol. The van der Waals surface area contributed by atoms with E-state index in [1.54, 1.807) is 0 Å². The third-order valence-electron chi connectivity index (χ3n) is 4.71. The van der Waals surface area contributed by atoms with Gasteiger partial charge in [0.05, 0.1) is 18.2 Å². The second kappa shape index (κ2) is 9.74. The number of aliphatic hydroxyl groups excluding tert-OH is 4. The summed E-state index contributed by atoms with van der Waals surface area (Å²) in [5.41, 5.74) is -0.874. The quantitative estimate of drug-likeness (QED) is 0.387. The summed E-state index contributed by atoms with van der Waals surface area (Å²) >= 11 is 0. The summed E-state index contributed by atoms with van der Waals surface area (Å²) in [7, 11) is 0. The average molecular weight is 303 g/mol. The number of piperidine rings is 1. The minimum Gasteiger partial charge on any atom is -0.394 e. The van der Waals surface area contributed by atoms with Crippen molar-refractivity contribution >= 4 is 0 Å². The topological polar surface area (TPSA) is 93.0 Å². The van der Waals surface area contributed by atoms with E-state index in [0.29, 0.717) is 6.42 Å². The predicted octanol–water partition coefficient (Wildman–Crippen LogP) is 0.934. The van der Waals surface area contributed by atoms with Gasteiger partial charge in [-0.3, -0.25) is 0 Å². The maximum absolute atomic E-state index is 10.1. The molecule has 1 saturated heterocycles. The molecule has 5 nitrogen and oxygen atoms in total. The summed E-state index contributed by atoms with van der Waals surface area (Å²) in [5, 5.41) is 42.1. The maximum atomic E-state index is 10.1. The summed E-state index contributed by atoms with van der Waals surface area (Å²) in [6, 6.07) is 0. The Kier molecular flexibility index (Phi) is 8.74. The zero-order valence-corrected chi connectivity index (χ0v) is 13.3. The third kappa shape index (κ3) is 5.49. The van der Waals surface area contributed by atoms with Gasteiger partial charge in [-0.2, -0.15) is 0 Å². The van der Waals surface area contributed by atoms with Gasteiger partial charge in [0.2, 0.25) is 0 Å². The van der Waals surface area contributed by atoms with Crippen LogP contribution >= 0.6 is 0 Å². The van der Waals surface area contributed by atoms with E-state index < -0.39 is 23.9 Å². The standard InChI is InChI=1S/C16H33NO4/c1-2-3-4-5-6-7-8-9-10-16(12-18)15(21)14(20)13(19)11-17-16/h13-15,17-21H,2-12H2,1H3/t13-,14+,15-,16+/m0/s1. The SMILES string of the molecule is CCCCCCCCCC[C@]1(CO)NC[C@H](O)[C@@H](O)[C@@H]1O. The van der Waals surface area contributed by atoms with Gasteiger partial charge in [0.15, 0.2) is 0 Å². The van der Waals surface area contributed by atoms with Crippen molar-refractivity contribution in [3.63, 3.8) is 0 Å². The lowest BCUT2D eigenvalue weighted by molar-refractivity contribution is -0.135. The summed E-state index contributed by atoms with van der Waals surface area (Å²) in [5.74, 6) is 0. The number of aliphatic hydroxyl groups is 4. The van der Waals surface area contributed by atoms with E-state index in [4.69, 9.17) is 0 Å². The van der Waals surface area contributed by atoms with Crippen molar-refractivity contribution in [2.75, 3.05) is 13.2 Å². The molecule has 1 fully saturated rings. The molecule has 0 aliphatic carbocycles. The first-order chi connectivity index (χ1) is 10.1. The number of nitrogens with one attached hydrogen (secondary N) is 1. The Bertz CT molecular complexity index is 277. The monoisotopic (exact) mass is 303 g/mol. The molecule has 0 aromatic rings. The highest BCUT2D eigenvalue weighted by Gasteiger charge is 2.46. The van der Waals surface area contributed by atoms with Crippen LogP contribution in [0, 0.1) is 0 Å². The van der Waals surface area contributed by atoms with Crippen LogP contribution in [0.2, 0.25) is 0 Å². The molecular formula is C16H33NO4. The lowest BCUT2D eigenvalue weighted by atomic mass is 9.79. The molecule has 0 aromatic heterocycles. The fourth-order valence-corrected chi connectivity index (χ4v) is 3.11. The number of hydrogen-bond donors (Lipinski definition) is 5. The molecule has 1 heterocycles. The molecule has 0 radical (unpaired) electrons. The van der Waals surface area contributed by atoms with Crippen LogP contribution in [0.1, 0.15) is 64.7 Å². The highest BCUT2D eigenvalue weighted by molar-refractivity contribution is 5.04. The van der Waals surface area contributed by atoms with E-state index in [1.807, 2.05) is 0 Å². The molecule has 0 amide bonds. The highest BCUT2D eigenvalue weighted by Crippen LogP contribution is 2.26. The molecule has 5 heteroatoms. The van der Waals surface area contributed by atoms with E-state index in [1.165, 1.54) is 38.5 Å². The molecule has 4 atom stereocenters. The van der Waals surface area contributed by atoms with Gasteiger partial charge in [-0.25, -0.2) is 0 Å². The van der Waals surface area contributed by atoms with E-state index in [0.717, 1.165) is 12.8 Å². The van der Waals surface area contributed by atoms with E-state index >= 15 is 0 Å². The zero-order chi connectivity index (χ0) is 15.7. The van der Waals surface area contributed by atoms with Gasteiger partial charge in [0.1, 0.15) is 12.2 Å². The van der Waals surface area contributed by atoms with Crippen LogP contribution in [0.15, 0.2) is 0 Å². The molecule has 0 unspecified atom stereocenters. The van der Waals surface area contributed by atoms with Gasteiger partial charge < -0.3 is 25.7 Å². The van der Waals surface area contributed by atoms with Crippen molar-refractivity contribution < 1.29 is 20.4 Å². The molecule has 0 bridgehead atoms. The Morgan fingerprint density at radius 1 is 0.952 bits per heavy atom. The normalized spacial score (nSPS) is 33.3. The van der Waals surface area contributed by atoms with Crippen molar-refractivity contribution in [1.29, 1.82) is 0 Å². The number of hydrogen-bond acceptors (Lipinski definition) is 5. The lowest BCUT2D eigenvalue weighted by Gasteiger charge is -2.45. The van der Waals surface area contributed by atoms with Gasteiger partial charge in [-0.15, -0.1) is 0 Å². The van der Waals surface area contributed by atoms with Crippen LogP contribution in [0.5, 0.6) is 0 Å². The molecule has 1 rings (SSSR count). The fraction of sp³-hybridized carbons (Fsp3) is 1.00. The summed E-state index contributed by atoms with van der Waals surface area (Å²) in [6.45, 7) is 2.19. The molecule has 0 spiro atoms.